The van der Waals surface area contributed by atoms with Crippen molar-refractivity contribution < 1.29 is 9.21 Å². The molecule has 6 nitrogen and oxygen atoms in total. The van der Waals surface area contributed by atoms with E-state index in [2.05, 4.69) is 40.0 Å². The summed E-state index contributed by atoms with van der Waals surface area (Å²) in [5.74, 6) is 0.742. The molecule has 2 aromatic heterocycles. The van der Waals surface area contributed by atoms with E-state index in [1.807, 2.05) is 24.3 Å². The molecule has 140 valence electrons. The molecule has 7 heteroatoms. The number of amides is 1. The molecule has 0 unspecified atom stereocenters. The van der Waals surface area contributed by atoms with Gasteiger partial charge in [0.05, 0.1) is 12.8 Å². The van der Waals surface area contributed by atoms with Crippen molar-refractivity contribution in [1.29, 1.82) is 0 Å². The number of carbonyl (C=O) groups excluding carboxylic acids is 1. The van der Waals surface area contributed by atoms with Crippen molar-refractivity contribution in [3.8, 4) is 0 Å². The molecule has 3 rings (SSSR count). The van der Waals surface area contributed by atoms with Crippen molar-refractivity contribution in [2.24, 2.45) is 4.99 Å². The predicted octanol–water partition coefficient (Wildman–Crippen LogP) is 3.77. The van der Waals surface area contributed by atoms with E-state index in [0.717, 1.165) is 18.1 Å². The molecule has 0 saturated carbocycles. The first-order chi connectivity index (χ1) is 13.1. The highest BCUT2D eigenvalue weighted by Gasteiger charge is 2.09. The molecule has 3 N–H and O–H groups in total. The third-order valence-electron chi connectivity index (χ3n) is 3.84. The Bertz CT molecular complexity index is 916. The Morgan fingerprint density at radius 3 is 2.67 bits per heavy atom. The topological polar surface area (TPSA) is 78.7 Å². The van der Waals surface area contributed by atoms with E-state index in [0.29, 0.717) is 12.2 Å². The van der Waals surface area contributed by atoms with Crippen LogP contribution in [0.2, 0.25) is 0 Å². The smallest absolute Gasteiger partial charge is 0.291 e. The van der Waals surface area contributed by atoms with E-state index in [1.165, 1.54) is 16.0 Å². The lowest BCUT2D eigenvalue weighted by Gasteiger charge is -2.12. The quantitative estimate of drug-likeness (QED) is 0.448. The van der Waals surface area contributed by atoms with Crippen LogP contribution < -0.4 is 16.0 Å². The third kappa shape index (κ3) is 5.46. The van der Waals surface area contributed by atoms with Crippen LogP contribution in [0.15, 0.2) is 64.2 Å². The molecule has 0 aliphatic rings. The van der Waals surface area contributed by atoms with Crippen LogP contribution in [0.1, 0.15) is 25.9 Å². The number of aliphatic imine (C=N–C) groups is 1. The van der Waals surface area contributed by atoms with Crippen LogP contribution in [0.25, 0.3) is 0 Å². The second-order valence-corrected chi connectivity index (χ2v) is 7.30. The number of carbonyl (C=O) groups is 1. The number of guanidine groups is 1. The molecule has 0 saturated heterocycles. The minimum atomic E-state index is -0.270. The molecule has 0 aliphatic carbocycles. The normalized spacial score (nSPS) is 11.3. The number of nitrogens with zero attached hydrogens (tertiary/aromatic N) is 1. The summed E-state index contributed by atoms with van der Waals surface area (Å²) in [6, 6.07) is 15.2. The van der Waals surface area contributed by atoms with Crippen molar-refractivity contribution >= 4 is 28.9 Å². The second kappa shape index (κ2) is 9.05. The number of hydrogen-bond donors (Lipinski definition) is 3. The molecular weight excluding hydrogens is 360 g/mol. The summed E-state index contributed by atoms with van der Waals surface area (Å²) in [7, 11) is 1.75. The van der Waals surface area contributed by atoms with Crippen molar-refractivity contribution in [2.75, 3.05) is 12.4 Å². The molecular formula is C20H22N4O2S. The van der Waals surface area contributed by atoms with E-state index < -0.39 is 0 Å². The maximum Gasteiger partial charge on any atom is 0.291 e. The summed E-state index contributed by atoms with van der Waals surface area (Å²) in [5, 5.41) is 9.42. The van der Waals surface area contributed by atoms with Gasteiger partial charge < -0.3 is 20.4 Å². The number of benzene rings is 1. The Labute approximate surface area is 162 Å². The molecule has 27 heavy (non-hydrogen) atoms. The van der Waals surface area contributed by atoms with Crippen LogP contribution in [0.3, 0.4) is 0 Å². The van der Waals surface area contributed by atoms with Gasteiger partial charge in [0.15, 0.2) is 11.7 Å². The van der Waals surface area contributed by atoms with Crippen molar-refractivity contribution in [3.63, 3.8) is 0 Å². The van der Waals surface area contributed by atoms with Gasteiger partial charge in [-0.05, 0) is 48.9 Å². The SMILES string of the molecule is CN=C(NCc1cccc(NC(=O)c2ccco2)c1)NCc1ccc(C)s1. The Kier molecular flexibility index (Phi) is 6.27. The largest absolute Gasteiger partial charge is 0.459 e. The fourth-order valence-electron chi connectivity index (χ4n) is 2.52. The number of hydrogen-bond acceptors (Lipinski definition) is 4. The summed E-state index contributed by atoms with van der Waals surface area (Å²) in [4.78, 5) is 18.9. The summed E-state index contributed by atoms with van der Waals surface area (Å²) in [6.07, 6.45) is 1.48. The highest BCUT2D eigenvalue weighted by Crippen LogP contribution is 2.15. The number of nitrogens with one attached hydrogen (secondary N) is 3. The standard InChI is InChI=1S/C20H22N4O2S/c1-14-8-9-17(27-14)13-23-20(21-2)22-12-15-5-3-6-16(11-15)24-19(25)18-7-4-10-26-18/h3-11H,12-13H2,1-2H3,(H,24,25)(H2,21,22,23). The number of anilines is 1. The Morgan fingerprint density at radius 1 is 1.11 bits per heavy atom. The molecule has 0 bridgehead atoms. The van der Waals surface area contributed by atoms with Gasteiger partial charge in [-0.1, -0.05) is 12.1 Å². The zero-order valence-electron chi connectivity index (χ0n) is 15.3. The van der Waals surface area contributed by atoms with Crippen molar-refractivity contribution in [1.82, 2.24) is 10.6 Å². The molecule has 0 radical (unpaired) electrons. The van der Waals surface area contributed by atoms with Gasteiger partial charge in [-0.2, -0.15) is 0 Å². The number of aryl methyl sites for hydroxylation is 1. The van der Waals surface area contributed by atoms with Crippen LogP contribution in [0.5, 0.6) is 0 Å². The number of rotatable bonds is 6. The summed E-state index contributed by atoms with van der Waals surface area (Å²) in [6.45, 7) is 3.42. The van der Waals surface area contributed by atoms with E-state index in [4.69, 9.17) is 4.42 Å². The first-order valence-electron chi connectivity index (χ1n) is 8.57. The van der Waals surface area contributed by atoms with Gasteiger partial charge >= 0.3 is 0 Å². The van der Waals surface area contributed by atoms with Gasteiger partial charge in [0.2, 0.25) is 0 Å². The van der Waals surface area contributed by atoms with E-state index in [9.17, 15) is 4.79 Å². The lowest BCUT2D eigenvalue weighted by atomic mass is 10.2. The predicted molar refractivity (Wildman–Crippen MR) is 109 cm³/mol. The molecule has 1 amide bonds. The number of furan rings is 1. The van der Waals surface area contributed by atoms with Gasteiger partial charge in [-0.15, -0.1) is 11.3 Å². The average Bonchev–Trinajstić information content (AvgIpc) is 3.34. The minimum Gasteiger partial charge on any atom is -0.459 e. The molecule has 0 aliphatic heterocycles. The van der Waals surface area contributed by atoms with Crippen molar-refractivity contribution in [2.45, 2.75) is 20.0 Å². The maximum absolute atomic E-state index is 12.1. The fourth-order valence-corrected chi connectivity index (χ4v) is 3.35. The third-order valence-corrected chi connectivity index (χ3v) is 4.84. The number of thiophene rings is 1. The molecule has 0 spiro atoms. The van der Waals surface area contributed by atoms with Crippen LogP contribution in [-0.2, 0) is 13.1 Å². The Hall–Kier alpha value is -3.06. The highest BCUT2D eigenvalue weighted by atomic mass is 32.1. The molecule has 2 heterocycles. The zero-order valence-corrected chi connectivity index (χ0v) is 16.1. The minimum absolute atomic E-state index is 0.270. The van der Waals surface area contributed by atoms with Crippen LogP contribution in [0, 0.1) is 6.92 Å². The molecule has 3 aromatic rings. The summed E-state index contributed by atoms with van der Waals surface area (Å²) < 4.78 is 5.11. The Balaban J connectivity index is 1.53. The Morgan fingerprint density at radius 2 is 1.96 bits per heavy atom. The monoisotopic (exact) mass is 382 g/mol. The van der Waals surface area contributed by atoms with Crippen LogP contribution >= 0.6 is 11.3 Å². The fraction of sp³-hybridized carbons (Fsp3) is 0.200. The summed E-state index contributed by atoms with van der Waals surface area (Å²) in [5.41, 5.74) is 1.75. The molecule has 0 atom stereocenters. The lowest BCUT2D eigenvalue weighted by Crippen LogP contribution is -2.36. The first kappa shape index (κ1) is 18.7. The van der Waals surface area contributed by atoms with Gasteiger partial charge in [0.25, 0.3) is 5.91 Å². The average molecular weight is 382 g/mol. The van der Waals surface area contributed by atoms with Gasteiger partial charge in [-0.3, -0.25) is 9.79 Å². The second-order valence-electron chi connectivity index (χ2n) is 5.92. The zero-order chi connectivity index (χ0) is 19.1. The first-order valence-corrected chi connectivity index (χ1v) is 9.39. The lowest BCUT2D eigenvalue weighted by molar-refractivity contribution is 0.0996. The van der Waals surface area contributed by atoms with E-state index in [-0.39, 0.29) is 11.7 Å². The van der Waals surface area contributed by atoms with Crippen molar-refractivity contribution in [3.05, 3.63) is 75.9 Å². The van der Waals surface area contributed by atoms with Gasteiger partial charge in [0, 0.05) is 29.0 Å². The summed E-state index contributed by atoms with van der Waals surface area (Å²) >= 11 is 1.77. The van der Waals surface area contributed by atoms with E-state index >= 15 is 0 Å². The van der Waals surface area contributed by atoms with Crippen LogP contribution in [0.4, 0.5) is 5.69 Å². The van der Waals surface area contributed by atoms with Gasteiger partial charge in [-0.25, -0.2) is 0 Å². The van der Waals surface area contributed by atoms with E-state index in [1.54, 1.807) is 30.5 Å². The van der Waals surface area contributed by atoms with Gasteiger partial charge in [0.1, 0.15) is 0 Å². The highest BCUT2D eigenvalue weighted by molar-refractivity contribution is 7.11. The maximum atomic E-state index is 12.1. The molecule has 0 fully saturated rings. The molecule has 1 aromatic carbocycles. The van der Waals surface area contributed by atoms with Crippen LogP contribution in [-0.4, -0.2) is 18.9 Å².